The van der Waals surface area contributed by atoms with E-state index in [2.05, 4.69) is 25.3 Å². The predicted molar refractivity (Wildman–Crippen MR) is 64.8 cm³/mol. The van der Waals surface area contributed by atoms with Gasteiger partial charge in [-0.25, -0.2) is 0 Å². The Kier molecular flexibility index (Phi) is 4.03. The van der Waals surface area contributed by atoms with Crippen molar-refractivity contribution in [1.29, 1.82) is 0 Å². The molecule has 0 aliphatic heterocycles. The summed E-state index contributed by atoms with van der Waals surface area (Å²) in [5.74, 6) is 2.28. The van der Waals surface area contributed by atoms with E-state index < -0.39 is 0 Å². The van der Waals surface area contributed by atoms with Crippen molar-refractivity contribution in [2.24, 2.45) is 0 Å². The second-order valence-electron chi connectivity index (χ2n) is 4.25. The number of hydrogen-bond donors (Lipinski definition) is 0. The zero-order valence-corrected chi connectivity index (χ0v) is 11.0. The van der Waals surface area contributed by atoms with Crippen LogP contribution >= 0.6 is 0 Å². The van der Waals surface area contributed by atoms with Crippen LogP contribution in [-0.2, 0) is 19.5 Å². The number of likely N-dealkylation sites (N-methyl/N-ethyl adjacent to an activating group) is 1. The Morgan fingerprint density at radius 1 is 1.28 bits per heavy atom. The van der Waals surface area contributed by atoms with Crippen molar-refractivity contribution in [3.63, 3.8) is 0 Å². The lowest BCUT2D eigenvalue weighted by Crippen LogP contribution is -2.23. The summed E-state index contributed by atoms with van der Waals surface area (Å²) in [4.78, 5) is 2.13. The Morgan fingerprint density at radius 3 is 2.67 bits per heavy atom. The molecule has 2 heterocycles. The Labute approximate surface area is 106 Å². The zero-order chi connectivity index (χ0) is 13.0. The molecule has 2 aromatic rings. The molecule has 18 heavy (non-hydrogen) atoms. The Hall–Kier alpha value is -1.76. The Balaban J connectivity index is 1.81. The number of aryl methyl sites for hydroxylation is 2. The molecule has 0 bridgehead atoms. The second-order valence-corrected chi connectivity index (χ2v) is 4.25. The molecule has 0 N–H and O–H groups in total. The molecule has 2 rings (SSSR count). The van der Waals surface area contributed by atoms with Crippen LogP contribution in [0.4, 0.5) is 0 Å². The molecule has 0 saturated carbocycles. The lowest BCUT2D eigenvalue weighted by molar-refractivity contribution is 0.273. The average molecular weight is 250 g/mol. The summed E-state index contributed by atoms with van der Waals surface area (Å²) in [6.07, 6.45) is 2.52. The van der Waals surface area contributed by atoms with Crippen LogP contribution < -0.4 is 0 Å². The van der Waals surface area contributed by atoms with Gasteiger partial charge in [0.25, 0.3) is 0 Å². The van der Waals surface area contributed by atoms with Gasteiger partial charge in [0.05, 0.1) is 6.54 Å². The van der Waals surface area contributed by atoms with Gasteiger partial charge in [0.15, 0.2) is 0 Å². The minimum atomic E-state index is 0.661. The third-order valence-electron chi connectivity index (χ3n) is 2.75. The van der Waals surface area contributed by atoms with E-state index in [1.807, 2.05) is 25.5 Å². The summed E-state index contributed by atoms with van der Waals surface area (Å²) in [6, 6.07) is 0. The van der Waals surface area contributed by atoms with Crippen molar-refractivity contribution in [2.45, 2.75) is 33.4 Å². The van der Waals surface area contributed by atoms with Gasteiger partial charge in [-0.2, -0.15) is 0 Å². The van der Waals surface area contributed by atoms with E-state index in [1.165, 1.54) is 0 Å². The van der Waals surface area contributed by atoms with Crippen LogP contribution in [0.15, 0.2) is 10.7 Å². The molecule has 0 aromatic carbocycles. The first-order valence-electron chi connectivity index (χ1n) is 6.03. The van der Waals surface area contributed by atoms with E-state index in [-0.39, 0.29) is 0 Å². The van der Waals surface area contributed by atoms with Gasteiger partial charge in [-0.1, -0.05) is 6.92 Å². The molecule has 0 unspecified atom stereocenters. The van der Waals surface area contributed by atoms with Gasteiger partial charge >= 0.3 is 0 Å². The number of nitrogens with zero attached hydrogens (tertiary/aromatic N) is 6. The molecule has 0 aliphatic carbocycles. The monoisotopic (exact) mass is 250 g/mol. The normalized spacial score (nSPS) is 11.3. The van der Waals surface area contributed by atoms with E-state index in [4.69, 9.17) is 4.42 Å². The van der Waals surface area contributed by atoms with Crippen LogP contribution in [0.3, 0.4) is 0 Å². The van der Waals surface area contributed by atoms with E-state index in [0.717, 1.165) is 25.3 Å². The first-order valence-corrected chi connectivity index (χ1v) is 6.03. The Morgan fingerprint density at radius 2 is 2.06 bits per heavy atom. The standard InChI is InChI=1S/C11H18N6O/c1-4-10-14-15-11(18-10)7-16(3)5-6-17-8-12-13-9(17)2/h8H,4-7H2,1-3H3. The fourth-order valence-electron chi connectivity index (χ4n) is 1.62. The lowest BCUT2D eigenvalue weighted by atomic mass is 10.5. The number of rotatable bonds is 6. The molecule has 0 spiro atoms. The molecule has 0 saturated heterocycles. The summed E-state index contributed by atoms with van der Waals surface area (Å²) in [5.41, 5.74) is 0. The van der Waals surface area contributed by atoms with Crippen molar-refractivity contribution in [2.75, 3.05) is 13.6 Å². The highest BCUT2D eigenvalue weighted by Crippen LogP contribution is 2.03. The van der Waals surface area contributed by atoms with Crippen LogP contribution in [0.2, 0.25) is 0 Å². The van der Waals surface area contributed by atoms with E-state index >= 15 is 0 Å². The molecule has 2 aromatic heterocycles. The van der Waals surface area contributed by atoms with Gasteiger partial charge in [-0.15, -0.1) is 20.4 Å². The van der Waals surface area contributed by atoms with Crippen LogP contribution in [-0.4, -0.2) is 43.5 Å². The highest BCUT2D eigenvalue weighted by atomic mass is 16.4. The van der Waals surface area contributed by atoms with Crippen LogP contribution in [0.25, 0.3) is 0 Å². The van der Waals surface area contributed by atoms with Crippen LogP contribution in [0.1, 0.15) is 24.5 Å². The third-order valence-corrected chi connectivity index (χ3v) is 2.75. The smallest absolute Gasteiger partial charge is 0.230 e. The third kappa shape index (κ3) is 3.13. The van der Waals surface area contributed by atoms with E-state index in [0.29, 0.717) is 18.3 Å². The van der Waals surface area contributed by atoms with E-state index in [1.54, 1.807) is 6.33 Å². The summed E-state index contributed by atoms with van der Waals surface area (Å²) in [5, 5.41) is 15.7. The fourth-order valence-corrected chi connectivity index (χ4v) is 1.62. The van der Waals surface area contributed by atoms with Crippen molar-refractivity contribution < 1.29 is 4.42 Å². The topological polar surface area (TPSA) is 72.9 Å². The van der Waals surface area contributed by atoms with Gasteiger partial charge in [0.2, 0.25) is 11.8 Å². The summed E-state index contributed by atoms with van der Waals surface area (Å²) >= 11 is 0. The molecule has 0 fully saturated rings. The highest BCUT2D eigenvalue weighted by Gasteiger charge is 2.08. The number of hydrogen-bond acceptors (Lipinski definition) is 6. The molecule has 0 radical (unpaired) electrons. The summed E-state index contributed by atoms with van der Waals surface area (Å²) in [7, 11) is 2.02. The maximum Gasteiger partial charge on any atom is 0.230 e. The second kappa shape index (κ2) is 5.72. The summed E-state index contributed by atoms with van der Waals surface area (Å²) in [6.45, 7) is 6.33. The van der Waals surface area contributed by atoms with Crippen LogP contribution in [0.5, 0.6) is 0 Å². The first-order chi connectivity index (χ1) is 8.69. The highest BCUT2D eigenvalue weighted by molar-refractivity contribution is 4.82. The molecular weight excluding hydrogens is 232 g/mol. The average Bonchev–Trinajstić information content (AvgIpc) is 2.96. The first kappa shape index (κ1) is 12.7. The maximum absolute atomic E-state index is 5.47. The Bertz CT molecular complexity index is 491. The summed E-state index contributed by atoms with van der Waals surface area (Å²) < 4.78 is 7.48. The van der Waals surface area contributed by atoms with Crippen molar-refractivity contribution in [3.8, 4) is 0 Å². The minimum Gasteiger partial charge on any atom is -0.424 e. The molecule has 0 aliphatic rings. The molecule has 0 atom stereocenters. The molecule has 0 amide bonds. The lowest BCUT2D eigenvalue weighted by Gasteiger charge is -2.14. The van der Waals surface area contributed by atoms with Crippen molar-refractivity contribution in [3.05, 3.63) is 23.9 Å². The molecule has 7 heteroatoms. The largest absolute Gasteiger partial charge is 0.424 e. The minimum absolute atomic E-state index is 0.661. The van der Waals surface area contributed by atoms with E-state index in [9.17, 15) is 0 Å². The maximum atomic E-state index is 5.47. The SMILES string of the molecule is CCc1nnc(CN(C)CCn2cnnc2C)o1. The van der Waals surface area contributed by atoms with Crippen molar-refractivity contribution in [1.82, 2.24) is 29.9 Å². The van der Waals surface area contributed by atoms with Gasteiger partial charge in [-0.3, -0.25) is 4.90 Å². The van der Waals surface area contributed by atoms with Gasteiger partial charge in [-0.05, 0) is 14.0 Å². The van der Waals surface area contributed by atoms with Crippen LogP contribution in [0, 0.1) is 6.92 Å². The molecule has 7 nitrogen and oxygen atoms in total. The zero-order valence-electron chi connectivity index (χ0n) is 11.0. The molecule has 98 valence electrons. The van der Waals surface area contributed by atoms with Gasteiger partial charge in [0, 0.05) is 19.5 Å². The van der Waals surface area contributed by atoms with Gasteiger partial charge in [0.1, 0.15) is 12.2 Å². The molecular formula is C11H18N6O. The quantitative estimate of drug-likeness (QED) is 0.750. The predicted octanol–water partition coefficient (Wildman–Crippen LogP) is 0.664. The van der Waals surface area contributed by atoms with Crippen molar-refractivity contribution >= 4 is 0 Å². The fraction of sp³-hybridized carbons (Fsp3) is 0.636. The van der Waals surface area contributed by atoms with Gasteiger partial charge < -0.3 is 8.98 Å². The number of aromatic nitrogens is 5.